The van der Waals surface area contributed by atoms with Gasteiger partial charge in [-0.15, -0.1) is 0 Å². The van der Waals surface area contributed by atoms with Gasteiger partial charge in [0.25, 0.3) is 0 Å². The van der Waals surface area contributed by atoms with Crippen molar-refractivity contribution in [3.8, 4) is 22.3 Å². The maximum absolute atomic E-state index is 16.2. The number of hydrogen-bond donors (Lipinski definition) is 1. The number of rotatable bonds is 5. The normalized spacial score (nSPS) is 19.4. The van der Waals surface area contributed by atoms with Crippen LogP contribution in [0.15, 0.2) is 67.0 Å². The third-order valence-corrected chi connectivity index (χ3v) is 8.48. The predicted molar refractivity (Wildman–Crippen MR) is 151 cm³/mol. The number of anilines is 1. The average Bonchev–Trinajstić information content (AvgIpc) is 3.67. The van der Waals surface area contributed by atoms with Crippen molar-refractivity contribution in [2.75, 3.05) is 4.90 Å². The van der Waals surface area contributed by atoms with E-state index < -0.39 is 5.97 Å². The Morgan fingerprint density at radius 1 is 1.10 bits per heavy atom. The van der Waals surface area contributed by atoms with Gasteiger partial charge in [-0.05, 0) is 103 Å². The van der Waals surface area contributed by atoms with Gasteiger partial charge in [0, 0.05) is 47.2 Å². The number of aliphatic carboxylic acids is 1. The van der Waals surface area contributed by atoms with Crippen molar-refractivity contribution in [3.63, 3.8) is 0 Å². The SMILES string of the molecule is CCn1cc(-c2ccc3c(c2)C[C@@H](C)N2c4ccc(C5CC5)cc4-c4cc(/C=C/C(=O)O)cc(F)c4C32)cn1. The van der Waals surface area contributed by atoms with Gasteiger partial charge in [-0.3, -0.25) is 4.68 Å². The lowest BCUT2D eigenvalue weighted by atomic mass is 9.77. The highest BCUT2D eigenvalue weighted by Gasteiger charge is 2.41. The van der Waals surface area contributed by atoms with Gasteiger partial charge in [0.2, 0.25) is 0 Å². The summed E-state index contributed by atoms with van der Waals surface area (Å²) in [7, 11) is 0. The monoisotopic (exact) mass is 519 g/mol. The van der Waals surface area contributed by atoms with Gasteiger partial charge >= 0.3 is 5.97 Å². The Morgan fingerprint density at radius 3 is 2.69 bits per heavy atom. The molecule has 6 heteroatoms. The number of aromatic nitrogens is 2. The molecule has 1 unspecified atom stereocenters. The molecule has 0 bridgehead atoms. The summed E-state index contributed by atoms with van der Waals surface area (Å²) in [5, 5.41) is 13.6. The fourth-order valence-corrected chi connectivity index (χ4v) is 6.47. The van der Waals surface area contributed by atoms with E-state index in [0.29, 0.717) is 17.0 Å². The molecule has 3 heterocycles. The van der Waals surface area contributed by atoms with Gasteiger partial charge in [-0.25, -0.2) is 9.18 Å². The minimum atomic E-state index is -1.05. The van der Waals surface area contributed by atoms with Crippen molar-refractivity contribution < 1.29 is 14.3 Å². The average molecular weight is 520 g/mol. The number of hydrogen-bond acceptors (Lipinski definition) is 3. The zero-order chi connectivity index (χ0) is 26.8. The summed E-state index contributed by atoms with van der Waals surface area (Å²) in [5.41, 5.74) is 10.1. The predicted octanol–water partition coefficient (Wildman–Crippen LogP) is 7.21. The van der Waals surface area contributed by atoms with E-state index in [0.717, 1.165) is 52.5 Å². The molecule has 3 aromatic carbocycles. The van der Waals surface area contributed by atoms with Gasteiger partial charge in [0.1, 0.15) is 5.82 Å². The van der Waals surface area contributed by atoms with E-state index >= 15 is 4.39 Å². The molecule has 1 aromatic heterocycles. The van der Waals surface area contributed by atoms with Crippen molar-refractivity contribution in [3.05, 3.63) is 101 Å². The highest BCUT2D eigenvalue weighted by molar-refractivity contribution is 5.90. The first-order chi connectivity index (χ1) is 18.9. The number of benzene rings is 3. The molecule has 0 saturated heterocycles. The Labute approximate surface area is 227 Å². The molecule has 3 aliphatic rings. The van der Waals surface area contributed by atoms with Gasteiger partial charge in [-0.1, -0.05) is 24.3 Å². The number of fused-ring (bicyclic) bond motifs is 8. The van der Waals surface area contributed by atoms with Crippen LogP contribution in [0.4, 0.5) is 10.1 Å². The highest BCUT2D eigenvalue weighted by atomic mass is 19.1. The lowest BCUT2D eigenvalue weighted by Crippen LogP contribution is -2.45. The van der Waals surface area contributed by atoms with E-state index in [1.54, 1.807) is 0 Å². The molecule has 7 rings (SSSR count). The van der Waals surface area contributed by atoms with Gasteiger partial charge in [-0.2, -0.15) is 5.10 Å². The van der Waals surface area contributed by atoms with Crippen molar-refractivity contribution in [2.45, 2.75) is 57.7 Å². The molecular formula is C33H30FN3O2. The summed E-state index contributed by atoms with van der Waals surface area (Å²) in [6.45, 7) is 5.12. The number of aryl methyl sites for hydroxylation is 1. The van der Waals surface area contributed by atoms with Crippen LogP contribution in [-0.2, 0) is 17.8 Å². The molecule has 196 valence electrons. The molecule has 2 atom stereocenters. The minimum Gasteiger partial charge on any atom is -0.478 e. The molecule has 5 nitrogen and oxygen atoms in total. The Hall–Kier alpha value is -4.19. The van der Waals surface area contributed by atoms with Gasteiger partial charge in [0.05, 0.1) is 12.2 Å². The zero-order valence-corrected chi connectivity index (χ0v) is 22.1. The molecule has 4 aromatic rings. The molecule has 0 amide bonds. The maximum Gasteiger partial charge on any atom is 0.328 e. The van der Waals surface area contributed by atoms with E-state index in [4.69, 9.17) is 5.11 Å². The van der Waals surface area contributed by atoms with Crippen LogP contribution >= 0.6 is 0 Å². The standard InChI is InChI=1S/C33H30FN3O2/c1-3-36-18-25(17-35-36)22-7-9-26-24(15-22)12-19(2)37-30-10-8-23(21-5-6-21)16-27(30)28-13-20(4-11-31(38)39)14-29(34)32(28)33(26)37/h4,7-11,13-19,21,33H,3,5-6,12H2,1-2H3,(H,38,39)/b11-4+/t19-,33?/m1/s1. The summed E-state index contributed by atoms with van der Waals surface area (Å²) in [6, 6.07) is 16.5. The summed E-state index contributed by atoms with van der Waals surface area (Å²) in [4.78, 5) is 13.6. The first kappa shape index (κ1) is 23.9. The number of carboxylic acid groups (broad SMARTS) is 1. The van der Waals surface area contributed by atoms with Crippen LogP contribution in [0, 0.1) is 5.82 Å². The summed E-state index contributed by atoms with van der Waals surface area (Å²) >= 11 is 0. The molecule has 0 spiro atoms. The van der Waals surface area contributed by atoms with Crippen LogP contribution in [0.1, 0.15) is 66.5 Å². The molecule has 0 radical (unpaired) electrons. The molecule has 1 fully saturated rings. The number of nitrogens with zero attached hydrogens (tertiary/aromatic N) is 3. The number of carboxylic acids is 1. The fourth-order valence-electron chi connectivity index (χ4n) is 6.47. The first-order valence-electron chi connectivity index (χ1n) is 13.7. The number of carbonyl (C=O) groups is 1. The van der Waals surface area contributed by atoms with E-state index in [1.807, 2.05) is 16.9 Å². The molecule has 1 saturated carbocycles. The van der Waals surface area contributed by atoms with Crippen LogP contribution in [0.5, 0.6) is 0 Å². The van der Waals surface area contributed by atoms with Crippen LogP contribution in [0.3, 0.4) is 0 Å². The molecule has 1 aliphatic carbocycles. The lowest BCUT2D eigenvalue weighted by Gasteiger charge is -2.48. The molecule has 39 heavy (non-hydrogen) atoms. The van der Waals surface area contributed by atoms with Crippen LogP contribution in [0.2, 0.25) is 0 Å². The Bertz CT molecular complexity index is 1670. The van der Waals surface area contributed by atoms with Crippen molar-refractivity contribution in [2.24, 2.45) is 0 Å². The second kappa shape index (κ2) is 8.94. The van der Waals surface area contributed by atoms with Crippen molar-refractivity contribution in [1.82, 2.24) is 9.78 Å². The van der Waals surface area contributed by atoms with Crippen molar-refractivity contribution in [1.29, 1.82) is 0 Å². The van der Waals surface area contributed by atoms with Gasteiger partial charge < -0.3 is 10.0 Å². The summed E-state index contributed by atoms with van der Waals surface area (Å²) in [5.74, 6) is -0.777. The summed E-state index contributed by atoms with van der Waals surface area (Å²) < 4.78 is 18.1. The Morgan fingerprint density at radius 2 is 1.95 bits per heavy atom. The lowest BCUT2D eigenvalue weighted by molar-refractivity contribution is -0.131. The first-order valence-corrected chi connectivity index (χ1v) is 13.7. The summed E-state index contributed by atoms with van der Waals surface area (Å²) in [6.07, 6.45) is 9.76. The second-order valence-electron chi connectivity index (χ2n) is 11.0. The quantitative estimate of drug-likeness (QED) is 0.283. The maximum atomic E-state index is 16.2. The minimum absolute atomic E-state index is 0.167. The van der Waals surface area contributed by atoms with E-state index in [9.17, 15) is 4.79 Å². The molecule has 1 N–H and O–H groups in total. The van der Waals surface area contributed by atoms with Gasteiger partial charge in [0.15, 0.2) is 0 Å². The Kier molecular flexibility index (Phi) is 5.48. The van der Waals surface area contributed by atoms with E-state index in [1.165, 1.54) is 36.1 Å². The van der Waals surface area contributed by atoms with Crippen LogP contribution in [-0.4, -0.2) is 26.9 Å². The third-order valence-electron chi connectivity index (χ3n) is 8.48. The number of halogens is 1. The zero-order valence-electron chi connectivity index (χ0n) is 22.1. The van der Waals surface area contributed by atoms with E-state index in [2.05, 4.69) is 66.4 Å². The fraction of sp³-hybridized carbons (Fsp3) is 0.273. The smallest absolute Gasteiger partial charge is 0.328 e. The van der Waals surface area contributed by atoms with Crippen molar-refractivity contribution >= 4 is 17.7 Å². The van der Waals surface area contributed by atoms with E-state index in [-0.39, 0.29) is 17.9 Å². The topological polar surface area (TPSA) is 58.4 Å². The largest absolute Gasteiger partial charge is 0.478 e. The van der Waals surface area contributed by atoms with Crippen LogP contribution < -0.4 is 4.90 Å². The molecule has 2 aliphatic heterocycles. The van der Waals surface area contributed by atoms with Crippen LogP contribution in [0.25, 0.3) is 28.3 Å². The second-order valence-corrected chi connectivity index (χ2v) is 11.0. The Balaban J connectivity index is 1.42. The third kappa shape index (κ3) is 3.97. The highest BCUT2D eigenvalue weighted by Crippen LogP contribution is 2.54. The molecular weight excluding hydrogens is 489 g/mol.